The number of hydrogen-bond acceptors (Lipinski definition) is 0. The van der Waals surface area contributed by atoms with Crippen LogP contribution >= 0.6 is 0 Å². The standard InChI is InChI=1S/C11H18/c1-7-8-3-4-10-9(8)5-6-11(7,10)2/h7-10H,3-6H2,1-2H3. The third kappa shape index (κ3) is 0.522. The lowest BCUT2D eigenvalue weighted by molar-refractivity contribution is 0.106. The van der Waals surface area contributed by atoms with Gasteiger partial charge in [0.1, 0.15) is 0 Å². The zero-order chi connectivity index (χ0) is 7.64. The third-order valence-electron chi connectivity index (χ3n) is 5.42. The Morgan fingerprint density at radius 3 is 2.36 bits per heavy atom. The lowest BCUT2D eigenvalue weighted by Crippen LogP contribution is -2.31. The van der Waals surface area contributed by atoms with Crippen LogP contribution in [0.1, 0.15) is 39.5 Å². The summed E-state index contributed by atoms with van der Waals surface area (Å²) in [6, 6.07) is 0. The predicted octanol–water partition coefficient (Wildman–Crippen LogP) is 3.08. The van der Waals surface area contributed by atoms with E-state index >= 15 is 0 Å². The van der Waals surface area contributed by atoms with Gasteiger partial charge in [-0.2, -0.15) is 0 Å². The molecule has 0 radical (unpaired) electrons. The van der Waals surface area contributed by atoms with E-state index in [1.54, 1.807) is 25.7 Å². The van der Waals surface area contributed by atoms with Crippen molar-refractivity contribution in [2.45, 2.75) is 39.5 Å². The minimum atomic E-state index is 0.785. The molecule has 0 spiro atoms. The molecule has 11 heavy (non-hydrogen) atoms. The normalized spacial score (nSPS) is 66.0. The van der Waals surface area contributed by atoms with Gasteiger partial charge in [-0.15, -0.1) is 0 Å². The van der Waals surface area contributed by atoms with Crippen molar-refractivity contribution in [3.8, 4) is 0 Å². The summed E-state index contributed by atoms with van der Waals surface area (Å²) in [4.78, 5) is 0. The van der Waals surface area contributed by atoms with Gasteiger partial charge in [0.2, 0.25) is 0 Å². The van der Waals surface area contributed by atoms with E-state index in [0.29, 0.717) is 0 Å². The van der Waals surface area contributed by atoms with Gasteiger partial charge in [-0.3, -0.25) is 0 Å². The highest BCUT2D eigenvalue weighted by molar-refractivity contribution is 5.11. The van der Waals surface area contributed by atoms with Crippen molar-refractivity contribution in [2.75, 3.05) is 0 Å². The lowest BCUT2D eigenvalue weighted by Gasteiger charge is -2.39. The summed E-state index contributed by atoms with van der Waals surface area (Å²) in [7, 11) is 0. The molecular formula is C11H18. The molecular weight excluding hydrogens is 132 g/mol. The molecule has 0 N–H and O–H groups in total. The highest BCUT2D eigenvalue weighted by Crippen LogP contribution is 2.70. The maximum Gasteiger partial charge on any atom is -0.0266 e. The van der Waals surface area contributed by atoms with Gasteiger partial charge in [-0.05, 0) is 54.8 Å². The molecule has 0 heterocycles. The highest BCUT2D eigenvalue weighted by atomic mass is 14.7. The topological polar surface area (TPSA) is 0 Å². The van der Waals surface area contributed by atoms with Gasteiger partial charge in [0.15, 0.2) is 0 Å². The van der Waals surface area contributed by atoms with Gasteiger partial charge in [-0.1, -0.05) is 13.8 Å². The van der Waals surface area contributed by atoms with Crippen LogP contribution in [0.15, 0.2) is 0 Å². The van der Waals surface area contributed by atoms with Gasteiger partial charge in [0, 0.05) is 0 Å². The molecule has 0 aromatic rings. The van der Waals surface area contributed by atoms with Crippen LogP contribution in [0, 0.1) is 29.1 Å². The first-order valence-corrected chi connectivity index (χ1v) is 5.23. The van der Waals surface area contributed by atoms with Crippen LogP contribution in [0.3, 0.4) is 0 Å². The Morgan fingerprint density at radius 2 is 1.91 bits per heavy atom. The number of hydrogen-bond donors (Lipinski definition) is 0. The zero-order valence-corrected chi connectivity index (χ0v) is 7.64. The molecule has 3 aliphatic rings. The van der Waals surface area contributed by atoms with Crippen molar-refractivity contribution in [1.29, 1.82) is 0 Å². The summed E-state index contributed by atoms with van der Waals surface area (Å²) in [6.07, 6.45) is 6.23. The van der Waals surface area contributed by atoms with E-state index in [9.17, 15) is 0 Å². The van der Waals surface area contributed by atoms with Crippen LogP contribution in [0.5, 0.6) is 0 Å². The Kier molecular flexibility index (Phi) is 0.990. The van der Waals surface area contributed by atoms with Crippen LogP contribution in [0.25, 0.3) is 0 Å². The Hall–Kier alpha value is 0. The summed E-state index contributed by atoms with van der Waals surface area (Å²) >= 11 is 0. The molecule has 0 aliphatic heterocycles. The largest absolute Gasteiger partial charge is 0.0617 e. The second-order valence-electron chi connectivity index (χ2n) is 5.34. The molecule has 4 bridgehead atoms. The molecule has 3 aliphatic carbocycles. The van der Waals surface area contributed by atoms with Gasteiger partial charge in [-0.25, -0.2) is 0 Å². The molecule has 5 unspecified atom stereocenters. The van der Waals surface area contributed by atoms with Crippen LogP contribution in [-0.4, -0.2) is 0 Å². The average molecular weight is 150 g/mol. The van der Waals surface area contributed by atoms with E-state index in [4.69, 9.17) is 0 Å². The minimum absolute atomic E-state index is 0.785. The smallest absolute Gasteiger partial charge is 0.0266 e. The quantitative estimate of drug-likeness (QED) is 0.498. The van der Waals surface area contributed by atoms with Crippen molar-refractivity contribution < 1.29 is 0 Å². The maximum absolute atomic E-state index is 2.56. The molecule has 0 aromatic heterocycles. The zero-order valence-electron chi connectivity index (χ0n) is 7.64. The maximum atomic E-state index is 2.56. The van der Waals surface area contributed by atoms with E-state index in [-0.39, 0.29) is 0 Å². The molecule has 0 heteroatoms. The van der Waals surface area contributed by atoms with Crippen LogP contribution in [0.4, 0.5) is 0 Å². The fraction of sp³-hybridized carbons (Fsp3) is 1.00. The number of rotatable bonds is 0. The molecule has 5 atom stereocenters. The van der Waals surface area contributed by atoms with Crippen LogP contribution in [-0.2, 0) is 0 Å². The third-order valence-corrected chi connectivity index (χ3v) is 5.42. The molecule has 0 amide bonds. The Labute approximate surface area is 69.4 Å². The van der Waals surface area contributed by atoms with E-state index in [1.165, 1.54) is 0 Å². The van der Waals surface area contributed by atoms with Crippen molar-refractivity contribution in [3.63, 3.8) is 0 Å². The summed E-state index contributed by atoms with van der Waals surface area (Å²) in [6.45, 7) is 5.07. The summed E-state index contributed by atoms with van der Waals surface area (Å²) in [5.41, 5.74) is 0.785. The van der Waals surface area contributed by atoms with E-state index in [2.05, 4.69) is 13.8 Å². The molecule has 0 nitrogen and oxygen atoms in total. The second kappa shape index (κ2) is 1.67. The van der Waals surface area contributed by atoms with Gasteiger partial charge >= 0.3 is 0 Å². The van der Waals surface area contributed by atoms with E-state index in [0.717, 1.165) is 29.1 Å². The average Bonchev–Trinajstić information content (AvgIpc) is 2.54. The van der Waals surface area contributed by atoms with Crippen molar-refractivity contribution in [3.05, 3.63) is 0 Å². The first-order chi connectivity index (χ1) is 5.23. The van der Waals surface area contributed by atoms with Crippen molar-refractivity contribution in [2.24, 2.45) is 29.1 Å². The molecule has 62 valence electrons. The van der Waals surface area contributed by atoms with Crippen molar-refractivity contribution in [1.82, 2.24) is 0 Å². The molecule has 3 rings (SSSR count). The second-order valence-corrected chi connectivity index (χ2v) is 5.34. The summed E-state index contributed by atoms with van der Waals surface area (Å²) in [5, 5.41) is 0. The molecule has 3 fully saturated rings. The Balaban J connectivity index is 2.07. The van der Waals surface area contributed by atoms with Crippen LogP contribution < -0.4 is 0 Å². The SMILES string of the molecule is CC1C2CCC3C2CCC13C. The molecule has 0 aromatic carbocycles. The van der Waals surface area contributed by atoms with Gasteiger partial charge < -0.3 is 0 Å². The van der Waals surface area contributed by atoms with Crippen LogP contribution in [0.2, 0.25) is 0 Å². The van der Waals surface area contributed by atoms with Gasteiger partial charge in [0.25, 0.3) is 0 Å². The minimum Gasteiger partial charge on any atom is -0.0617 e. The first kappa shape index (κ1) is 6.51. The van der Waals surface area contributed by atoms with E-state index < -0.39 is 0 Å². The molecule has 3 saturated carbocycles. The predicted molar refractivity (Wildman–Crippen MR) is 46.2 cm³/mol. The van der Waals surface area contributed by atoms with Crippen molar-refractivity contribution >= 4 is 0 Å². The summed E-state index contributed by atoms with van der Waals surface area (Å²) in [5.74, 6) is 4.50. The van der Waals surface area contributed by atoms with E-state index in [1.807, 2.05) is 0 Å². The highest BCUT2D eigenvalue weighted by Gasteiger charge is 2.62. The Morgan fingerprint density at radius 1 is 1.09 bits per heavy atom. The Bertz CT molecular complexity index is 194. The lowest BCUT2D eigenvalue weighted by atomic mass is 9.66. The fourth-order valence-electron chi connectivity index (χ4n) is 4.67. The van der Waals surface area contributed by atoms with Gasteiger partial charge in [0.05, 0.1) is 0 Å². The fourth-order valence-corrected chi connectivity index (χ4v) is 4.67. The molecule has 0 saturated heterocycles. The first-order valence-electron chi connectivity index (χ1n) is 5.23. The summed E-state index contributed by atoms with van der Waals surface area (Å²) < 4.78 is 0. The monoisotopic (exact) mass is 150 g/mol.